The van der Waals surface area contributed by atoms with Gasteiger partial charge in [0.15, 0.2) is 0 Å². The van der Waals surface area contributed by atoms with E-state index in [1.54, 1.807) is 12.1 Å². The van der Waals surface area contributed by atoms with Crippen molar-refractivity contribution in [1.29, 1.82) is 0 Å². The van der Waals surface area contributed by atoms with E-state index in [0.29, 0.717) is 5.92 Å². The molecule has 1 aromatic rings. The molecule has 1 heterocycles. The van der Waals surface area contributed by atoms with Crippen LogP contribution in [0.5, 0.6) is 0 Å². The van der Waals surface area contributed by atoms with Gasteiger partial charge in [-0.1, -0.05) is 25.0 Å². The van der Waals surface area contributed by atoms with Gasteiger partial charge in [-0.25, -0.2) is 4.39 Å². The number of hydrogen-bond donors (Lipinski definition) is 1. The quantitative estimate of drug-likeness (QED) is 0.919. The average Bonchev–Trinajstić information content (AvgIpc) is 2.91. The molecule has 110 valence electrons. The van der Waals surface area contributed by atoms with Crippen molar-refractivity contribution in [2.45, 2.75) is 44.1 Å². The molecule has 1 saturated heterocycles. The highest BCUT2D eigenvalue weighted by molar-refractivity contribution is 5.22. The minimum atomic E-state index is -0.156. The summed E-state index contributed by atoms with van der Waals surface area (Å²) in [4.78, 5) is 2.54. The summed E-state index contributed by atoms with van der Waals surface area (Å²) < 4.78 is 13.0. The van der Waals surface area contributed by atoms with Crippen LogP contribution in [-0.2, 0) is 0 Å². The topological polar surface area (TPSA) is 29.3 Å². The van der Waals surface area contributed by atoms with Gasteiger partial charge in [-0.15, -0.1) is 0 Å². The summed E-state index contributed by atoms with van der Waals surface area (Å²) in [7, 11) is 0. The summed E-state index contributed by atoms with van der Waals surface area (Å²) >= 11 is 0. The Kier molecular flexibility index (Phi) is 4.37. The van der Waals surface area contributed by atoms with Crippen LogP contribution < -0.4 is 5.73 Å². The van der Waals surface area contributed by atoms with Gasteiger partial charge < -0.3 is 10.6 Å². The Morgan fingerprint density at radius 3 is 2.50 bits per heavy atom. The molecule has 2 fully saturated rings. The molecule has 1 aliphatic carbocycles. The number of hydrogen-bond acceptors (Lipinski definition) is 2. The number of rotatable bonds is 3. The van der Waals surface area contributed by atoms with E-state index in [0.717, 1.165) is 25.4 Å². The zero-order chi connectivity index (χ0) is 13.9. The summed E-state index contributed by atoms with van der Waals surface area (Å²) in [6.45, 7) is 3.30. The first kappa shape index (κ1) is 14.0. The summed E-state index contributed by atoms with van der Waals surface area (Å²) in [5, 5.41) is 0. The van der Waals surface area contributed by atoms with E-state index in [2.05, 4.69) is 4.90 Å². The molecule has 1 aliphatic heterocycles. The Morgan fingerprint density at radius 1 is 1.10 bits per heavy atom. The van der Waals surface area contributed by atoms with Crippen molar-refractivity contribution in [1.82, 2.24) is 4.90 Å². The van der Waals surface area contributed by atoms with Gasteiger partial charge in [0.05, 0.1) is 0 Å². The van der Waals surface area contributed by atoms with Crippen molar-refractivity contribution in [2.24, 2.45) is 11.7 Å². The fourth-order valence-corrected chi connectivity index (χ4v) is 3.92. The molecule has 2 nitrogen and oxygen atoms in total. The molecule has 0 aromatic heterocycles. The van der Waals surface area contributed by atoms with Crippen LogP contribution in [-0.4, -0.2) is 30.6 Å². The largest absolute Gasteiger partial charge is 0.327 e. The lowest BCUT2D eigenvalue weighted by atomic mass is 9.88. The highest BCUT2D eigenvalue weighted by Crippen LogP contribution is 2.30. The number of halogens is 1. The number of benzene rings is 1. The maximum atomic E-state index is 13.0. The molecule has 2 unspecified atom stereocenters. The molecular formula is C17H25FN2. The van der Waals surface area contributed by atoms with E-state index < -0.39 is 0 Å². The van der Waals surface area contributed by atoms with Crippen LogP contribution in [0.3, 0.4) is 0 Å². The normalized spacial score (nSPS) is 28.9. The molecule has 0 amide bonds. The zero-order valence-electron chi connectivity index (χ0n) is 12.1. The molecule has 0 bridgehead atoms. The Balaban J connectivity index is 1.64. The molecule has 3 heteroatoms. The third-order valence-corrected chi connectivity index (χ3v) is 4.89. The van der Waals surface area contributed by atoms with Gasteiger partial charge in [-0.05, 0) is 48.8 Å². The van der Waals surface area contributed by atoms with Crippen LogP contribution in [0.1, 0.15) is 43.6 Å². The van der Waals surface area contributed by atoms with Crippen LogP contribution in [0.15, 0.2) is 24.3 Å². The average molecular weight is 276 g/mol. The van der Waals surface area contributed by atoms with Gasteiger partial charge in [-0.2, -0.15) is 0 Å². The number of nitrogens with zero attached hydrogens (tertiary/aromatic N) is 1. The maximum Gasteiger partial charge on any atom is 0.123 e. The Hall–Kier alpha value is -0.930. The zero-order valence-corrected chi connectivity index (χ0v) is 12.1. The second-order valence-electron chi connectivity index (χ2n) is 6.61. The third-order valence-electron chi connectivity index (χ3n) is 4.89. The minimum Gasteiger partial charge on any atom is -0.327 e. The van der Waals surface area contributed by atoms with Crippen LogP contribution in [0, 0.1) is 11.7 Å². The lowest BCUT2D eigenvalue weighted by molar-refractivity contribution is 0.164. The molecule has 1 aromatic carbocycles. The predicted octanol–water partition coefficient (Wildman–Crippen LogP) is 3.13. The van der Waals surface area contributed by atoms with Crippen molar-refractivity contribution < 1.29 is 4.39 Å². The van der Waals surface area contributed by atoms with E-state index in [4.69, 9.17) is 5.73 Å². The van der Waals surface area contributed by atoms with Crippen molar-refractivity contribution in [3.05, 3.63) is 35.6 Å². The maximum absolute atomic E-state index is 13.0. The predicted molar refractivity (Wildman–Crippen MR) is 80.1 cm³/mol. The van der Waals surface area contributed by atoms with Crippen LogP contribution in [0.2, 0.25) is 0 Å². The van der Waals surface area contributed by atoms with E-state index in [9.17, 15) is 4.39 Å². The first-order valence-corrected chi connectivity index (χ1v) is 7.94. The third kappa shape index (κ3) is 3.39. The second-order valence-corrected chi connectivity index (χ2v) is 6.61. The Morgan fingerprint density at radius 2 is 1.80 bits per heavy atom. The summed E-state index contributed by atoms with van der Waals surface area (Å²) in [5.74, 6) is 1.17. The number of piperidine rings is 1. The monoisotopic (exact) mass is 276 g/mol. The van der Waals surface area contributed by atoms with Crippen molar-refractivity contribution >= 4 is 0 Å². The van der Waals surface area contributed by atoms with Gasteiger partial charge in [0.1, 0.15) is 5.82 Å². The van der Waals surface area contributed by atoms with Gasteiger partial charge in [-0.3, -0.25) is 0 Å². The van der Waals surface area contributed by atoms with Gasteiger partial charge in [0.2, 0.25) is 0 Å². The number of nitrogens with two attached hydrogens (primary N) is 1. The first-order chi connectivity index (χ1) is 9.70. The van der Waals surface area contributed by atoms with Gasteiger partial charge in [0, 0.05) is 25.7 Å². The van der Waals surface area contributed by atoms with Crippen LogP contribution >= 0.6 is 0 Å². The standard InChI is InChI=1S/C17H25FN2/c18-16-7-5-14(6-8-16)15-9-17(19)12-20(11-15)10-13-3-1-2-4-13/h5-8,13,15,17H,1-4,9-12,19H2. The Labute approximate surface area is 121 Å². The van der Waals surface area contributed by atoms with Gasteiger partial charge >= 0.3 is 0 Å². The second kappa shape index (κ2) is 6.23. The molecule has 0 radical (unpaired) electrons. The van der Waals surface area contributed by atoms with E-state index >= 15 is 0 Å². The fourth-order valence-electron chi connectivity index (χ4n) is 3.92. The first-order valence-electron chi connectivity index (χ1n) is 7.94. The van der Waals surface area contributed by atoms with Crippen molar-refractivity contribution in [2.75, 3.05) is 19.6 Å². The molecule has 0 spiro atoms. The van der Waals surface area contributed by atoms with E-state index in [-0.39, 0.29) is 11.9 Å². The van der Waals surface area contributed by atoms with E-state index in [1.165, 1.54) is 37.8 Å². The molecule has 2 N–H and O–H groups in total. The van der Waals surface area contributed by atoms with Crippen molar-refractivity contribution in [3.63, 3.8) is 0 Å². The summed E-state index contributed by atoms with van der Waals surface area (Å²) in [5.41, 5.74) is 7.48. The molecule has 1 saturated carbocycles. The fraction of sp³-hybridized carbons (Fsp3) is 0.647. The highest BCUT2D eigenvalue weighted by atomic mass is 19.1. The smallest absolute Gasteiger partial charge is 0.123 e. The summed E-state index contributed by atoms with van der Waals surface area (Å²) in [6.07, 6.45) is 6.57. The lowest BCUT2D eigenvalue weighted by Crippen LogP contribution is -2.47. The molecule has 20 heavy (non-hydrogen) atoms. The highest BCUT2D eigenvalue weighted by Gasteiger charge is 2.28. The minimum absolute atomic E-state index is 0.156. The number of likely N-dealkylation sites (tertiary alicyclic amines) is 1. The van der Waals surface area contributed by atoms with Crippen molar-refractivity contribution in [3.8, 4) is 0 Å². The SMILES string of the molecule is NC1CC(c2ccc(F)cc2)CN(CC2CCCC2)C1. The van der Waals surface area contributed by atoms with Crippen LogP contribution in [0.4, 0.5) is 4.39 Å². The molecule has 3 rings (SSSR count). The summed E-state index contributed by atoms with van der Waals surface area (Å²) in [6, 6.07) is 7.23. The Bertz CT molecular complexity index is 425. The molecule has 2 atom stereocenters. The molecule has 2 aliphatic rings. The lowest BCUT2D eigenvalue weighted by Gasteiger charge is -2.37. The van der Waals surface area contributed by atoms with E-state index in [1.807, 2.05) is 12.1 Å². The van der Waals surface area contributed by atoms with Crippen LogP contribution in [0.25, 0.3) is 0 Å². The van der Waals surface area contributed by atoms with Gasteiger partial charge in [0.25, 0.3) is 0 Å². The molecular weight excluding hydrogens is 251 g/mol.